The lowest BCUT2D eigenvalue weighted by molar-refractivity contribution is -0.123. The van der Waals surface area contributed by atoms with E-state index in [0.29, 0.717) is 48.3 Å². The minimum Gasteiger partial charge on any atom is -0.489 e. The summed E-state index contributed by atoms with van der Waals surface area (Å²) in [7, 11) is 1.69. The molecule has 0 unspecified atom stereocenters. The lowest BCUT2D eigenvalue weighted by atomic mass is 10.0. The average molecular weight is 547 g/mol. The first-order chi connectivity index (χ1) is 18.6. The lowest BCUT2D eigenvalue weighted by Crippen LogP contribution is -2.54. The van der Waals surface area contributed by atoms with Gasteiger partial charge in [-0.15, -0.1) is 0 Å². The van der Waals surface area contributed by atoms with Crippen LogP contribution in [0.1, 0.15) is 48.0 Å². The molecule has 3 aromatic rings. The maximum atomic E-state index is 13.6. The number of ether oxygens (including phenoxy) is 2. The highest BCUT2D eigenvalue weighted by Crippen LogP contribution is 2.34. The van der Waals surface area contributed by atoms with Gasteiger partial charge in [-0.2, -0.15) is 5.10 Å². The first-order valence-corrected chi connectivity index (χ1v) is 13.3. The van der Waals surface area contributed by atoms with Crippen LogP contribution in [0, 0.1) is 11.8 Å². The van der Waals surface area contributed by atoms with Crippen LogP contribution in [0.3, 0.4) is 0 Å². The van der Waals surface area contributed by atoms with Gasteiger partial charge in [0.05, 0.1) is 17.8 Å². The number of rotatable bonds is 4. The van der Waals surface area contributed by atoms with E-state index in [-0.39, 0.29) is 29.7 Å². The maximum Gasteiger partial charge on any atom is 0.275 e. The van der Waals surface area contributed by atoms with Gasteiger partial charge in [-0.05, 0) is 51.0 Å². The topological polar surface area (TPSA) is 76.9 Å². The van der Waals surface area contributed by atoms with Gasteiger partial charge in [-0.3, -0.25) is 9.59 Å². The number of carbonyl (C=O) groups is 2. The summed E-state index contributed by atoms with van der Waals surface area (Å²) in [6.45, 7) is 7.08. The molecule has 0 spiro atoms. The molecule has 0 N–H and O–H groups in total. The summed E-state index contributed by atoms with van der Waals surface area (Å²) in [5.41, 5.74) is 3.14. The Morgan fingerprint density at radius 2 is 1.92 bits per heavy atom. The van der Waals surface area contributed by atoms with E-state index < -0.39 is 6.04 Å². The molecule has 0 saturated heterocycles. The molecule has 2 aromatic carbocycles. The van der Waals surface area contributed by atoms with Crippen molar-refractivity contribution in [1.82, 2.24) is 14.7 Å². The Labute approximate surface area is 233 Å². The number of benzene rings is 2. The highest BCUT2D eigenvalue weighted by molar-refractivity contribution is 6.31. The molecule has 202 valence electrons. The Morgan fingerprint density at radius 1 is 1.15 bits per heavy atom. The van der Waals surface area contributed by atoms with Crippen molar-refractivity contribution >= 4 is 29.1 Å². The number of anilines is 1. The Hall–Kier alpha value is -3.80. The minimum absolute atomic E-state index is 0.0275. The Kier molecular flexibility index (Phi) is 7.39. The Balaban J connectivity index is 1.34. The molecular weight excluding hydrogens is 516 g/mol. The molecule has 5 rings (SSSR count). The largest absolute Gasteiger partial charge is 0.489 e. The quantitative estimate of drug-likeness (QED) is 0.459. The highest BCUT2D eigenvalue weighted by Gasteiger charge is 2.40. The Morgan fingerprint density at radius 3 is 2.67 bits per heavy atom. The van der Waals surface area contributed by atoms with Gasteiger partial charge in [0.15, 0.2) is 5.69 Å². The molecule has 1 aromatic heterocycles. The fourth-order valence-corrected chi connectivity index (χ4v) is 4.96. The van der Waals surface area contributed by atoms with E-state index in [9.17, 15) is 9.59 Å². The number of nitrogens with zero attached hydrogens (tertiary/aromatic N) is 4. The summed E-state index contributed by atoms with van der Waals surface area (Å²) in [6, 6.07) is 14.5. The van der Waals surface area contributed by atoms with Crippen LogP contribution in [-0.4, -0.2) is 64.9 Å². The molecular formula is C30H31ClN4O4. The van der Waals surface area contributed by atoms with Crippen LogP contribution in [0.15, 0.2) is 48.5 Å². The van der Waals surface area contributed by atoms with Crippen molar-refractivity contribution < 1.29 is 19.1 Å². The summed E-state index contributed by atoms with van der Waals surface area (Å²) in [5, 5.41) is 5.00. The number of carbonyl (C=O) groups excluding carboxylic acids is 2. The van der Waals surface area contributed by atoms with Gasteiger partial charge >= 0.3 is 0 Å². The summed E-state index contributed by atoms with van der Waals surface area (Å²) >= 11 is 6.62. The van der Waals surface area contributed by atoms with Gasteiger partial charge in [0.25, 0.3) is 11.8 Å². The van der Waals surface area contributed by atoms with Crippen LogP contribution in [0.4, 0.5) is 5.69 Å². The molecule has 1 atom stereocenters. The van der Waals surface area contributed by atoms with Crippen LogP contribution < -0.4 is 9.64 Å². The molecule has 9 heteroatoms. The molecule has 8 nitrogen and oxygen atoms in total. The second-order valence-corrected chi connectivity index (χ2v) is 11.0. The number of hydrogen-bond acceptors (Lipinski definition) is 5. The molecule has 0 fully saturated rings. The van der Waals surface area contributed by atoms with Gasteiger partial charge < -0.3 is 19.3 Å². The molecule has 0 saturated carbocycles. The first kappa shape index (κ1) is 26.8. The van der Waals surface area contributed by atoms with Crippen LogP contribution in [0.5, 0.6) is 5.75 Å². The van der Waals surface area contributed by atoms with Crippen molar-refractivity contribution in [1.29, 1.82) is 0 Å². The molecule has 2 aliphatic rings. The van der Waals surface area contributed by atoms with Gasteiger partial charge in [-0.25, -0.2) is 4.68 Å². The van der Waals surface area contributed by atoms with E-state index in [0.717, 1.165) is 11.1 Å². The smallest absolute Gasteiger partial charge is 0.275 e. The molecule has 2 amide bonds. The number of hydrogen-bond donors (Lipinski definition) is 0. The third kappa shape index (κ3) is 5.65. The zero-order chi connectivity index (χ0) is 27.7. The van der Waals surface area contributed by atoms with E-state index in [4.69, 9.17) is 21.1 Å². The monoisotopic (exact) mass is 546 g/mol. The summed E-state index contributed by atoms with van der Waals surface area (Å²) in [4.78, 5) is 30.2. The molecule has 0 radical (unpaired) electrons. The van der Waals surface area contributed by atoms with Gasteiger partial charge in [0.2, 0.25) is 0 Å². The van der Waals surface area contributed by atoms with Crippen LogP contribution in [-0.2, 0) is 22.5 Å². The summed E-state index contributed by atoms with van der Waals surface area (Å²) in [6.07, 6.45) is 0.505. The van der Waals surface area contributed by atoms with Gasteiger partial charge in [0, 0.05) is 24.7 Å². The third-order valence-electron chi connectivity index (χ3n) is 6.74. The highest BCUT2D eigenvalue weighted by atomic mass is 35.5. The minimum atomic E-state index is -0.796. The van der Waals surface area contributed by atoms with E-state index in [2.05, 4.69) is 16.9 Å². The first-order valence-electron chi connectivity index (χ1n) is 12.9. The number of fused-ring (bicyclic) bond motifs is 2. The second-order valence-electron chi connectivity index (χ2n) is 10.6. The van der Waals surface area contributed by atoms with E-state index in [1.165, 1.54) is 4.90 Å². The fourth-order valence-electron chi connectivity index (χ4n) is 4.68. The zero-order valence-electron chi connectivity index (χ0n) is 22.5. The molecule has 0 bridgehead atoms. The molecule has 2 aliphatic heterocycles. The van der Waals surface area contributed by atoms with Crippen molar-refractivity contribution in [2.45, 2.75) is 45.4 Å². The molecule has 39 heavy (non-hydrogen) atoms. The van der Waals surface area contributed by atoms with E-state index >= 15 is 0 Å². The fraction of sp³-hybridized carbons (Fsp3) is 0.367. The lowest BCUT2D eigenvalue weighted by Gasteiger charge is -2.33. The van der Waals surface area contributed by atoms with Crippen molar-refractivity contribution in [3.63, 3.8) is 0 Å². The summed E-state index contributed by atoms with van der Waals surface area (Å²) < 4.78 is 13.4. The van der Waals surface area contributed by atoms with Crippen molar-refractivity contribution in [2.75, 3.05) is 31.7 Å². The van der Waals surface area contributed by atoms with Crippen LogP contribution in [0.25, 0.3) is 0 Å². The predicted octanol–water partition coefficient (Wildman–Crippen LogP) is 4.17. The summed E-state index contributed by atoms with van der Waals surface area (Å²) in [5.74, 6) is 6.09. The Bertz CT molecular complexity index is 1470. The van der Waals surface area contributed by atoms with Gasteiger partial charge in [-0.1, -0.05) is 53.8 Å². The van der Waals surface area contributed by atoms with E-state index in [1.54, 1.807) is 16.6 Å². The SMILES string of the molecule is CN1C(=O)[C@@H](N2CCc3c(nn(Cc4ccccc4)c3Cl)C2=O)COc2cc(C#CCOC(C)(C)C)ccc21. The van der Waals surface area contributed by atoms with Crippen LogP contribution >= 0.6 is 11.6 Å². The predicted molar refractivity (Wildman–Crippen MR) is 149 cm³/mol. The van der Waals surface area contributed by atoms with Crippen molar-refractivity contribution in [2.24, 2.45) is 0 Å². The van der Waals surface area contributed by atoms with Crippen LogP contribution in [0.2, 0.25) is 5.15 Å². The number of likely N-dealkylation sites (N-methyl/N-ethyl adjacent to an activating group) is 1. The maximum absolute atomic E-state index is 13.6. The third-order valence-corrected chi connectivity index (χ3v) is 7.17. The van der Waals surface area contributed by atoms with E-state index in [1.807, 2.05) is 69.3 Å². The number of aromatic nitrogens is 2. The standard InChI is InChI=1S/C30H31ClN4O4/c1-30(2,3)39-16-8-11-20-12-13-23-25(17-20)38-19-24(28(36)33(23)4)34-15-14-22-26(29(34)37)32-35(27(22)31)18-21-9-6-5-7-10-21/h5-7,9-10,12-13,17,24H,14-16,18-19H2,1-4H3/t24-/m0/s1. The average Bonchev–Trinajstić information content (AvgIpc) is 3.16. The zero-order valence-corrected chi connectivity index (χ0v) is 23.3. The number of amides is 2. The van der Waals surface area contributed by atoms with Crippen molar-refractivity contribution in [3.8, 4) is 17.6 Å². The number of halogens is 1. The second kappa shape index (κ2) is 10.8. The molecule has 3 heterocycles. The van der Waals surface area contributed by atoms with Crippen molar-refractivity contribution in [3.05, 3.63) is 76.1 Å². The molecule has 0 aliphatic carbocycles. The van der Waals surface area contributed by atoms with Gasteiger partial charge in [0.1, 0.15) is 30.2 Å². The normalized spacial score (nSPS) is 17.1.